The molecular formula is C25H32FN5O3. The lowest BCUT2D eigenvalue weighted by Crippen LogP contribution is -2.62. The molecule has 2 aromatic rings. The molecule has 0 saturated heterocycles. The minimum absolute atomic E-state index is 0.118. The number of carbonyl (C=O) groups is 3. The molecule has 1 saturated carbocycles. The van der Waals surface area contributed by atoms with Crippen molar-refractivity contribution < 1.29 is 18.8 Å². The Labute approximate surface area is 198 Å². The predicted octanol–water partition coefficient (Wildman–Crippen LogP) is 3.03. The fourth-order valence-corrected chi connectivity index (χ4v) is 4.67. The van der Waals surface area contributed by atoms with Gasteiger partial charge in [0, 0.05) is 25.7 Å². The zero-order valence-electron chi connectivity index (χ0n) is 19.8. The number of carbonyl (C=O) groups excluding carboxylic acids is 3. The second kappa shape index (κ2) is 9.95. The van der Waals surface area contributed by atoms with Crippen molar-refractivity contribution in [3.63, 3.8) is 0 Å². The average Bonchev–Trinajstić information content (AvgIpc) is 3.22. The molecule has 1 atom stereocenters. The molecule has 1 fully saturated rings. The van der Waals surface area contributed by atoms with Crippen LogP contribution < -0.4 is 10.6 Å². The first-order valence-corrected chi connectivity index (χ1v) is 12.0. The zero-order valence-corrected chi connectivity index (χ0v) is 19.8. The highest BCUT2D eigenvalue weighted by Gasteiger charge is 2.46. The van der Waals surface area contributed by atoms with E-state index in [9.17, 15) is 18.8 Å². The number of hydrogen-bond donors (Lipinski definition) is 2. The molecule has 4 rings (SSSR count). The maximum absolute atomic E-state index is 13.1. The summed E-state index contributed by atoms with van der Waals surface area (Å²) < 4.78 is 14.6. The van der Waals surface area contributed by atoms with E-state index in [0.717, 1.165) is 31.2 Å². The molecule has 0 spiro atoms. The third-order valence-electron chi connectivity index (χ3n) is 7.03. The summed E-state index contributed by atoms with van der Waals surface area (Å²) in [5, 5.41) is 10.3. The van der Waals surface area contributed by atoms with E-state index in [1.165, 1.54) is 47.0 Å². The molecular weight excluding hydrogens is 437 g/mol. The SMILES string of the molecule is CN1C(=O)c2cc(C(=O)NC3CCCCCCC3)nn2C[C@@]1(C)C(=O)NCc1ccc(F)cc1. The van der Waals surface area contributed by atoms with Crippen molar-refractivity contribution in [2.24, 2.45) is 0 Å². The third kappa shape index (κ3) is 4.98. The van der Waals surface area contributed by atoms with Gasteiger partial charge in [-0.1, -0.05) is 44.2 Å². The number of halogens is 1. The van der Waals surface area contributed by atoms with Gasteiger partial charge in [0.1, 0.15) is 17.1 Å². The smallest absolute Gasteiger partial charge is 0.272 e. The van der Waals surface area contributed by atoms with Gasteiger partial charge in [0.15, 0.2) is 5.69 Å². The van der Waals surface area contributed by atoms with Crippen LogP contribution in [-0.2, 0) is 17.9 Å². The molecule has 2 heterocycles. The summed E-state index contributed by atoms with van der Waals surface area (Å²) in [6.45, 7) is 2.00. The van der Waals surface area contributed by atoms with Crippen LogP contribution >= 0.6 is 0 Å². The number of amides is 3. The van der Waals surface area contributed by atoms with Crippen LogP contribution in [0.2, 0.25) is 0 Å². The second-order valence-corrected chi connectivity index (χ2v) is 9.54. The van der Waals surface area contributed by atoms with Gasteiger partial charge < -0.3 is 15.5 Å². The Morgan fingerprint density at radius 2 is 1.76 bits per heavy atom. The van der Waals surface area contributed by atoms with Crippen LogP contribution in [0.5, 0.6) is 0 Å². The molecule has 1 aromatic heterocycles. The van der Waals surface area contributed by atoms with Crippen molar-refractivity contribution >= 4 is 17.7 Å². The Hall–Kier alpha value is -3.23. The summed E-state index contributed by atoms with van der Waals surface area (Å²) in [7, 11) is 1.57. The van der Waals surface area contributed by atoms with E-state index in [2.05, 4.69) is 15.7 Å². The molecule has 1 aliphatic carbocycles. The Bertz CT molecular complexity index is 1060. The number of likely N-dealkylation sites (N-methyl/N-ethyl adjacent to an activating group) is 1. The van der Waals surface area contributed by atoms with Crippen LogP contribution in [0.25, 0.3) is 0 Å². The van der Waals surface area contributed by atoms with Gasteiger partial charge in [-0.15, -0.1) is 0 Å². The van der Waals surface area contributed by atoms with E-state index in [1.807, 2.05) is 0 Å². The van der Waals surface area contributed by atoms with Gasteiger partial charge in [-0.05, 0) is 37.5 Å². The number of fused-ring (bicyclic) bond motifs is 1. The normalized spacial score (nSPS) is 21.4. The second-order valence-electron chi connectivity index (χ2n) is 9.54. The van der Waals surface area contributed by atoms with E-state index >= 15 is 0 Å². The van der Waals surface area contributed by atoms with Crippen molar-refractivity contribution in [2.75, 3.05) is 7.05 Å². The maximum atomic E-state index is 13.1. The average molecular weight is 470 g/mol. The van der Waals surface area contributed by atoms with E-state index < -0.39 is 5.54 Å². The maximum Gasteiger partial charge on any atom is 0.272 e. The van der Waals surface area contributed by atoms with Crippen LogP contribution in [0, 0.1) is 5.82 Å². The highest BCUT2D eigenvalue weighted by Crippen LogP contribution is 2.26. The third-order valence-corrected chi connectivity index (χ3v) is 7.03. The van der Waals surface area contributed by atoms with Crippen molar-refractivity contribution in [3.05, 3.63) is 53.1 Å². The van der Waals surface area contributed by atoms with Gasteiger partial charge in [0.2, 0.25) is 5.91 Å². The van der Waals surface area contributed by atoms with E-state index in [0.29, 0.717) is 0 Å². The molecule has 9 heteroatoms. The molecule has 0 unspecified atom stereocenters. The van der Waals surface area contributed by atoms with Gasteiger partial charge in [0.25, 0.3) is 11.8 Å². The summed E-state index contributed by atoms with van der Waals surface area (Å²) in [4.78, 5) is 40.4. The minimum Gasteiger partial charge on any atom is -0.350 e. The number of hydrogen-bond acceptors (Lipinski definition) is 4. The largest absolute Gasteiger partial charge is 0.350 e. The Morgan fingerprint density at radius 3 is 2.44 bits per heavy atom. The van der Waals surface area contributed by atoms with E-state index in [1.54, 1.807) is 26.1 Å². The highest BCUT2D eigenvalue weighted by molar-refractivity contribution is 6.01. The lowest BCUT2D eigenvalue weighted by atomic mass is 9.95. The van der Waals surface area contributed by atoms with Crippen molar-refractivity contribution in [2.45, 2.75) is 76.5 Å². The molecule has 3 amide bonds. The van der Waals surface area contributed by atoms with Gasteiger partial charge in [-0.3, -0.25) is 19.1 Å². The molecule has 182 valence electrons. The van der Waals surface area contributed by atoms with Gasteiger partial charge in [-0.25, -0.2) is 4.39 Å². The first kappa shape index (κ1) is 23.9. The Balaban J connectivity index is 1.45. The lowest BCUT2D eigenvalue weighted by Gasteiger charge is -2.40. The fourth-order valence-electron chi connectivity index (χ4n) is 4.67. The summed E-state index contributed by atoms with van der Waals surface area (Å²) in [6, 6.07) is 7.48. The van der Waals surface area contributed by atoms with Crippen molar-refractivity contribution in [1.82, 2.24) is 25.3 Å². The Morgan fingerprint density at radius 1 is 1.12 bits per heavy atom. The van der Waals surface area contributed by atoms with Crippen molar-refractivity contribution in [3.8, 4) is 0 Å². The molecule has 2 aliphatic rings. The molecule has 1 aliphatic heterocycles. The van der Waals surface area contributed by atoms with Gasteiger partial charge in [-0.2, -0.15) is 5.10 Å². The summed E-state index contributed by atoms with van der Waals surface area (Å²) in [6.07, 6.45) is 7.72. The lowest BCUT2D eigenvalue weighted by molar-refractivity contribution is -0.132. The number of benzene rings is 1. The number of nitrogens with zero attached hydrogens (tertiary/aromatic N) is 3. The quantitative estimate of drug-likeness (QED) is 0.704. The minimum atomic E-state index is -1.19. The van der Waals surface area contributed by atoms with Crippen LogP contribution in [-0.4, -0.2) is 51.0 Å². The fraction of sp³-hybridized carbons (Fsp3) is 0.520. The summed E-state index contributed by atoms with van der Waals surface area (Å²) in [5.74, 6) is -1.36. The standard InChI is InChI=1S/C25H32FN5O3/c1-25(24(34)27-15-17-10-12-18(26)13-11-17)16-31-21(23(33)30(25)2)14-20(29-31)22(32)28-19-8-6-4-3-5-7-9-19/h10-14,19H,3-9,15-16H2,1-2H3,(H,27,34)(H,28,32)/t25-/m0/s1. The van der Waals surface area contributed by atoms with Crippen LogP contribution in [0.3, 0.4) is 0 Å². The number of aromatic nitrogens is 2. The molecule has 34 heavy (non-hydrogen) atoms. The monoisotopic (exact) mass is 469 g/mol. The first-order valence-electron chi connectivity index (χ1n) is 12.0. The molecule has 1 aromatic carbocycles. The van der Waals surface area contributed by atoms with Crippen LogP contribution in [0.1, 0.15) is 78.4 Å². The number of nitrogens with one attached hydrogen (secondary N) is 2. The molecule has 8 nitrogen and oxygen atoms in total. The van der Waals surface area contributed by atoms with Crippen molar-refractivity contribution in [1.29, 1.82) is 0 Å². The van der Waals surface area contributed by atoms with E-state index in [4.69, 9.17) is 0 Å². The van der Waals surface area contributed by atoms with Gasteiger partial charge >= 0.3 is 0 Å². The predicted molar refractivity (Wildman–Crippen MR) is 125 cm³/mol. The van der Waals surface area contributed by atoms with Crippen LogP contribution in [0.4, 0.5) is 4.39 Å². The highest BCUT2D eigenvalue weighted by atomic mass is 19.1. The first-order chi connectivity index (χ1) is 16.3. The van der Waals surface area contributed by atoms with E-state index in [-0.39, 0.29) is 54.1 Å². The Kier molecular flexibility index (Phi) is 7.00. The molecule has 2 N–H and O–H groups in total. The summed E-state index contributed by atoms with van der Waals surface area (Å²) >= 11 is 0. The molecule has 0 radical (unpaired) electrons. The topological polar surface area (TPSA) is 96.3 Å². The zero-order chi connectivity index (χ0) is 24.3. The van der Waals surface area contributed by atoms with Gasteiger partial charge in [0.05, 0.1) is 6.54 Å². The molecule has 0 bridgehead atoms. The number of rotatable bonds is 5. The summed E-state index contributed by atoms with van der Waals surface area (Å²) in [5.41, 5.74) is 0.0312. The van der Waals surface area contributed by atoms with Crippen LogP contribution in [0.15, 0.2) is 30.3 Å².